The molecule has 43 heavy (non-hydrogen) atoms. The fourth-order valence-electron chi connectivity index (χ4n) is 7.03. The lowest BCUT2D eigenvalue weighted by Gasteiger charge is -2.12. The van der Waals surface area contributed by atoms with Crippen LogP contribution in [-0.2, 0) is 0 Å². The minimum absolute atomic E-state index is 1.19. The van der Waals surface area contributed by atoms with Gasteiger partial charge >= 0.3 is 0 Å². The van der Waals surface area contributed by atoms with Crippen LogP contribution in [-0.4, -0.2) is 4.57 Å². The van der Waals surface area contributed by atoms with Gasteiger partial charge in [-0.2, -0.15) is 0 Å². The zero-order chi connectivity index (χ0) is 28.1. The number of thiophene rings is 2. The normalized spacial score (nSPS) is 12.2. The van der Waals surface area contributed by atoms with Gasteiger partial charge in [0.25, 0.3) is 0 Å². The van der Waals surface area contributed by atoms with Gasteiger partial charge in [0.1, 0.15) is 0 Å². The maximum atomic E-state index is 2.50. The molecule has 0 N–H and O–H groups in total. The number of nitrogens with zero attached hydrogens (tertiary/aromatic N) is 1. The molecule has 0 aliphatic carbocycles. The van der Waals surface area contributed by atoms with Crippen molar-refractivity contribution in [2.45, 2.75) is 0 Å². The average Bonchev–Trinajstić information content (AvgIpc) is 3.73. The molecule has 7 aromatic carbocycles. The smallest absolute Gasteiger partial charge is 0.0634 e. The van der Waals surface area contributed by atoms with E-state index in [0.717, 1.165) is 0 Å². The molecular formula is C40H23NS2. The number of para-hydroxylation sites is 1. The van der Waals surface area contributed by atoms with Gasteiger partial charge in [0.2, 0.25) is 0 Å². The van der Waals surface area contributed by atoms with Crippen LogP contribution in [0.4, 0.5) is 0 Å². The second-order valence-corrected chi connectivity index (χ2v) is 13.5. The average molecular weight is 582 g/mol. The maximum absolute atomic E-state index is 2.50. The number of rotatable bonds is 2. The minimum Gasteiger partial charge on any atom is -0.309 e. The van der Waals surface area contributed by atoms with Crippen molar-refractivity contribution in [3.05, 3.63) is 140 Å². The van der Waals surface area contributed by atoms with Crippen molar-refractivity contribution in [2.75, 3.05) is 0 Å². The van der Waals surface area contributed by atoms with Gasteiger partial charge in [0, 0.05) is 62.4 Å². The number of fused-ring (bicyclic) bond motifs is 11. The highest BCUT2D eigenvalue weighted by atomic mass is 32.1. The van der Waals surface area contributed by atoms with E-state index >= 15 is 0 Å². The van der Waals surface area contributed by atoms with Gasteiger partial charge in [-0.15, -0.1) is 22.7 Å². The molecule has 3 heteroatoms. The van der Waals surface area contributed by atoms with Crippen LogP contribution in [0.15, 0.2) is 140 Å². The Hall–Kier alpha value is -4.96. The summed E-state index contributed by atoms with van der Waals surface area (Å²) in [5.41, 5.74) is 6.30. The standard InChI is InChI=1S/C40H23NS2/c1-2-10-25-21-27(19-17-24(25)9-1)41-34-14-6-3-11-28(34)33-23-31(40-38(39(33)41)30-13-5-8-16-36(30)43-40)26-18-20-37-32(22-26)29-12-4-7-15-35(29)42-37/h1-23H. The third kappa shape index (κ3) is 3.32. The topological polar surface area (TPSA) is 4.93 Å². The first-order valence-corrected chi connectivity index (χ1v) is 16.2. The molecule has 1 nitrogen and oxygen atoms in total. The van der Waals surface area contributed by atoms with Crippen molar-refractivity contribution in [3.63, 3.8) is 0 Å². The van der Waals surface area contributed by atoms with Crippen molar-refractivity contribution < 1.29 is 0 Å². The molecule has 3 aromatic heterocycles. The van der Waals surface area contributed by atoms with Gasteiger partial charge in [0.15, 0.2) is 0 Å². The molecule has 0 aliphatic rings. The summed E-state index contributed by atoms with van der Waals surface area (Å²) in [5.74, 6) is 0. The van der Waals surface area contributed by atoms with Gasteiger partial charge in [-0.3, -0.25) is 0 Å². The van der Waals surface area contributed by atoms with E-state index in [1.165, 1.54) is 89.7 Å². The molecule has 0 amide bonds. The Morgan fingerprint density at radius 3 is 2.02 bits per heavy atom. The summed E-state index contributed by atoms with van der Waals surface area (Å²) in [5, 5.41) is 10.4. The molecule has 0 saturated heterocycles. The van der Waals surface area contributed by atoms with Crippen LogP contribution >= 0.6 is 22.7 Å². The van der Waals surface area contributed by atoms with Gasteiger partial charge in [-0.05, 0) is 64.9 Å². The quantitative estimate of drug-likeness (QED) is 0.191. The van der Waals surface area contributed by atoms with E-state index in [1.807, 2.05) is 22.7 Å². The number of benzene rings is 7. The largest absolute Gasteiger partial charge is 0.309 e. The van der Waals surface area contributed by atoms with Crippen molar-refractivity contribution >= 4 is 95.6 Å². The first-order chi connectivity index (χ1) is 21.3. The molecule has 0 aliphatic heterocycles. The lowest BCUT2D eigenvalue weighted by molar-refractivity contribution is 1.19. The van der Waals surface area contributed by atoms with Gasteiger partial charge in [-0.1, -0.05) is 91.0 Å². The van der Waals surface area contributed by atoms with Crippen LogP contribution in [0.3, 0.4) is 0 Å². The summed E-state index contributed by atoms with van der Waals surface area (Å²) >= 11 is 3.79. The molecule has 200 valence electrons. The molecule has 3 heterocycles. The molecule has 0 radical (unpaired) electrons. The van der Waals surface area contributed by atoms with E-state index in [4.69, 9.17) is 0 Å². The highest BCUT2D eigenvalue weighted by molar-refractivity contribution is 7.26. The van der Waals surface area contributed by atoms with Crippen LogP contribution in [0, 0.1) is 0 Å². The van der Waals surface area contributed by atoms with E-state index < -0.39 is 0 Å². The Labute approximate surface area is 255 Å². The first-order valence-electron chi connectivity index (χ1n) is 14.6. The van der Waals surface area contributed by atoms with E-state index in [2.05, 4.69) is 144 Å². The highest BCUT2D eigenvalue weighted by Crippen LogP contribution is 2.48. The van der Waals surface area contributed by atoms with E-state index in [0.29, 0.717) is 0 Å². The second-order valence-electron chi connectivity index (χ2n) is 11.3. The van der Waals surface area contributed by atoms with E-state index in [1.54, 1.807) is 0 Å². The van der Waals surface area contributed by atoms with Gasteiger partial charge in [0.05, 0.1) is 11.0 Å². The summed E-state index contributed by atoms with van der Waals surface area (Å²) in [6.07, 6.45) is 0. The molecule has 0 spiro atoms. The van der Waals surface area contributed by atoms with E-state index in [-0.39, 0.29) is 0 Å². The number of hydrogen-bond donors (Lipinski definition) is 0. The summed E-state index contributed by atoms with van der Waals surface area (Å²) in [7, 11) is 0. The molecule has 0 fully saturated rings. The Kier molecular flexibility index (Phi) is 4.81. The highest BCUT2D eigenvalue weighted by Gasteiger charge is 2.21. The second kappa shape index (κ2) is 8.78. The van der Waals surface area contributed by atoms with Crippen LogP contribution in [0.5, 0.6) is 0 Å². The fraction of sp³-hybridized carbons (Fsp3) is 0. The molecule has 0 bridgehead atoms. The van der Waals surface area contributed by atoms with Crippen LogP contribution in [0.2, 0.25) is 0 Å². The summed E-state index contributed by atoms with van der Waals surface area (Å²) in [4.78, 5) is 0. The lowest BCUT2D eigenvalue weighted by Crippen LogP contribution is -1.94. The van der Waals surface area contributed by atoms with Crippen LogP contribution < -0.4 is 0 Å². The Morgan fingerprint density at radius 1 is 0.442 bits per heavy atom. The van der Waals surface area contributed by atoms with Crippen molar-refractivity contribution in [1.82, 2.24) is 4.57 Å². The third-order valence-corrected chi connectivity index (χ3v) is 11.3. The Balaban J connectivity index is 1.38. The zero-order valence-electron chi connectivity index (χ0n) is 23.0. The zero-order valence-corrected chi connectivity index (χ0v) is 24.7. The molecule has 10 aromatic rings. The SMILES string of the molecule is c1ccc2cc(-n3c4ccccc4c4cc(-c5ccc6sc7ccccc7c6c5)c5sc6ccccc6c5c43)ccc2c1. The van der Waals surface area contributed by atoms with Crippen LogP contribution in [0.25, 0.3) is 89.7 Å². The first kappa shape index (κ1) is 23.6. The predicted octanol–water partition coefficient (Wildman–Crippen LogP) is 12.3. The van der Waals surface area contributed by atoms with Crippen molar-refractivity contribution in [2.24, 2.45) is 0 Å². The Bertz CT molecular complexity index is 2740. The van der Waals surface area contributed by atoms with Gasteiger partial charge in [-0.25, -0.2) is 0 Å². The monoisotopic (exact) mass is 581 g/mol. The van der Waals surface area contributed by atoms with Crippen molar-refractivity contribution in [3.8, 4) is 16.8 Å². The molecule has 0 atom stereocenters. The molecular weight excluding hydrogens is 559 g/mol. The third-order valence-electron chi connectivity index (χ3n) is 8.96. The maximum Gasteiger partial charge on any atom is 0.0634 e. The number of hydrogen-bond acceptors (Lipinski definition) is 2. The lowest BCUT2D eigenvalue weighted by atomic mass is 9.97. The van der Waals surface area contributed by atoms with Crippen molar-refractivity contribution in [1.29, 1.82) is 0 Å². The fourth-order valence-corrected chi connectivity index (χ4v) is 9.36. The summed E-state index contributed by atoms with van der Waals surface area (Å²) in [6, 6.07) is 51.6. The summed E-state index contributed by atoms with van der Waals surface area (Å²) < 4.78 is 7.85. The minimum atomic E-state index is 1.19. The Morgan fingerprint density at radius 2 is 1.14 bits per heavy atom. The van der Waals surface area contributed by atoms with E-state index in [9.17, 15) is 0 Å². The molecule has 10 rings (SSSR count). The predicted molar refractivity (Wildman–Crippen MR) is 190 cm³/mol. The summed E-state index contributed by atoms with van der Waals surface area (Å²) in [6.45, 7) is 0. The number of aromatic nitrogens is 1. The molecule has 0 unspecified atom stereocenters. The van der Waals surface area contributed by atoms with Crippen LogP contribution in [0.1, 0.15) is 0 Å². The van der Waals surface area contributed by atoms with Gasteiger partial charge < -0.3 is 4.57 Å². The molecule has 0 saturated carbocycles.